The van der Waals surface area contributed by atoms with E-state index >= 15 is 0 Å². The van der Waals surface area contributed by atoms with Crippen LogP contribution in [-0.4, -0.2) is 32.1 Å². The smallest absolute Gasteiger partial charge is 0.0233 e. The fourth-order valence-corrected chi connectivity index (χ4v) is 1.97. The molecule has 17 heavy (non-hydrogen) atoms. The van der Waals surface area contributed by atoms with Crippen LogP contribution < -0.4 is 5.32 Å². The monoisotopic (exact) mass is 232 g/mol. The summed E-state index contributed by atoms with van der Waals surface area (Å²) in [6, 6.07) is 8.92. The summed E-state index contributed by atoms with van der Waals surface area (Å²) >= 11 is 0. The van der Waals surface area contributed by atoms with Gasteiger partial charge < -0.3 is 5.32 Å². The Kier molecular flexibility index (Phi) is 5.95. The van der Waals surface area contributed by atoms with Gasteiger partial charge in [0.2, 0.25) is 0 Å². The molecule has 1 aromatic carbocycles. The molecule has 0 radical (unpaired) electrons. The van der Waals surface area contributed by atoms with Crippen LogP contribution in [0.15, 0.2) is 36.9 Å². The average molecular weight is 232 g/mol. The molecule has 0 bridgehead atoms. The van der Waals surface area contributed by atoms with E-state index in [2.05, 4.69) is 55.0 Å². The molecule has 1 aromatic rings. The number of hydrogen-bond donors (Lipinski definition) is 1. The maximum atomic E-state index is 3.75. The normalized spacial score (nSPS) is 12.7. The van der Waals surface area contributed by atoms with Crippen molar-refractivity contribution in [2.75, 3.05) is 27.2 Å². The summed E-state index contributed by atoms with van der Waals surface area (Å²) in [5.41, 5.74) is 2.75. The molecule has 0 saturated heterocycles. The summed E-state index contributed by atoms with van der Waals surface area (Å²) in [6.07, 6.45) is 1.93. The lowest BCUT2D eigenvalue weighted by molar-refractivity contribution is 0.363. The van der Waals surface area contributed by atoms with E-state index in [0.717, 1.165) is 19.6 Å². The average Bonchev–Trinajstić information content (AvgIpc) is 2.30. The van der Waals surface area contributed by atoms with Crippen LogP contribution in [0.1, 0.15) is 24.0 Å². The summed E-state index contributed by atoms with van der Waals surface area (Å²) in [7, 11) is 4.11. The summed E-state index contributed by atoms with van der Waals surface area (Å²) in [5, 5.41) is 3.21. The predicted molar refractivity (Wildman–Crippen MR) is 75.3 cm³/mol. The van der Waals surface area contributed by atoms with Crippen LogP contribution in [0.2, 0.25) is 0 Å². The van der Waals surface area contributed by atoms with Crippen molar-refractivity contribution in [3.05, 3.63) is 48.0 Å². The van der Waals surface area contributed by atoms with E-state index in [9.17, 15) is 0 Å². The Balaban J connectivity index is 2.58. The molecule has 0 aliphatic carbocycles. The van der Waals surface area contributed by atoms with E-state index < -0.39 is 0 Å². The van der Waals surface area contributed by atoms with Crippen LogP contribution in [0, 0.1) is 0 Å². The highest BCUT2D eigenvalue weighted by Crippen LogP contribution is 2.15. The van der Waals surface area contributed by atoms with Crippen molar-refractivity contribution in [2.45, 2.75) is 19.4 Å². The second-order valence-corrected chi connectivity index (χ2v) is 4.69. The van der Waals surface area contributed by atoms with E-state index in [-0.39, 0.29) is 0 Å². The van der Waals surface area contributed by atoms with Gasteiger partial charge in [0.15, 0.2) is 0 Å². The molecule has 94 valence electrons. The number of nitrogens with one attached hydrogen (secondary N) is 1. The quantitative estimate of drug-likeness (QED) is 0.727. The van der Waals surface area contributed by atoms with E-state index in [1.165, 1.54) is 11.1 Å². The molecule has 0 amide bonds. The molecule has 0 heterocycles. The van der Waals surface area contributed by atoms with Crippen LogP contribution in [-0.2, 0) is 6.54 Å². The van der Waals surface area contributed by atoms with Gasteiger partial charge in [-0.05, 0) is 31.1 Å². The second-order valence-electron chi connectivity index (χ2n) is 4.69. The molecule has 1 N–H and O–H groups in total. The maximum absolute atomic E-state index is 3.75. The fourth-order valence-electron chi connectivity index (χ4n) is 1.97. The lowest BCUT2D eigenvalue weighted by Gasteiger charge is -2.16. The Labute approximate surface area is 105 Å². The van der Waals surface area contributed by atoms with Gasteiger partial charge in [0.1, 0.15) is 0 Å². The minimum Gasteiger partial charge on any atom is -0.319 e. The van der Waals surface area contributed by atoms with Crippen molar-refractivity contribution in [1.29, 1.82) is 0 Å². The zero-order chi connectivity index (χ0) is 12.7. The van der Waals surface area contributed by atoms with Crippen LogP contribution >= 0.6 is 0 Å². The highest BCUT2D eigenvalue weighted by Gasteiger charge is 2.04. The van der Waals surface area contributed by atoms with Gasteiger partial charge in [-0.15, -0.1) is 6.58 Å². The van der Waals surface area contributed by atoms with E-state index in [0.29, 0.717) is 5.92 Å². The van der Waals surface area contributed by atoms with Crippen molar-refractivity contribution < 1.29 is 0 Å². The minimum absolute atomic E-state index is 0.569. The number of likely N-dealkylation sites (N-methyl/N-ethyl adjacent to an activating group) is 2. The van der Waals surface area contributed by atoms with Gasteiger partial charge in [-0.3, -0.25) is 4.90 Å². The lowest BCUT2D eigenvalue weighted by Crippen LogP contribution is -2.17. The molecule has 1 unspecified atom stereocenters. The first-order valence-corrected chi connectivity index (χ1v) is 6.20. The summed E-state index contributed by atoms with van der Waals surface area (Å²) in [4.78, 5) is 2.25. The van der Waals surface area contributed by atoms with Crippen LogP contribution in [0.4, 0.5) is 0 Å². The number of hydrogen-bond acceptors (Lipinski definition) is 2. The zero-order valence-electron chi connectivity index (χ0n) is 11.2. The number of rotatable bonds is 7. The van der Waals surface area contributed by atoms with Gasteiger partial charge in [0.05, 0.1) is 0 Å². The largest absolute Gasteiger partial charge is 0.319 e. The molecular weight excluding hydrogens is 208 g/mol. The second kappa shape index (κ2) is 7.25. The third-order valence-electron chi connectivity index (χ3n) is 2.95. The van der Waals surface area contributed by atoms with Gasteiger partial charge in [0, 0.05) is 19.6 Å². The Morgan fingerprint density at radius 2 is 2.00 bits per heavy atom. The van der Waals surface area contributed by atoms with Crippen LogP contribution in [0.3, 0.4) is 0 Å². The number of benzene rings is 1. The number of nitrogens with zero attached hydrogens (tertiary/aromatic N) is 1. The third-order valence-corrected chi connectivity index (χ3v) is 2.95. The Morgan fingerprint density at radius 1 is 1.35 bits per heavy atom. The molecule has 0 aliphatic rings. The summed E-state index contributed by atoms with van der Waals surface area (Å²) in [6.45, 7) is 8.93. The van der Waals surface area contributed by atoms with Gasteiger partial charge in [-0.1, -0.05) is 37.3 Å². The van der Waals surface area contributed by atoms with Gasteiger partial charge in [0.25, 0.3) is 0 Å². The topological polar surface area (TPSA) is 15.3 Å². The van der Waals surface area contributed by atoms with Gasteiger partial charge >= 0.3 is 0 Å². The van der Waals surface area contributed by atoms with E-state index in [4.69, 9.17) is 0 Å². The molecule has 1 rings (SSSR count). The molecule has 0 fully saturated rings. The van der Waals surface area contributed by atoms with Gasteiger partial charge in [-0.2, -0.15) is 0 Å². The first-order chi connectivity index (χ1) is 8.17. The standard InChI is InChI=1S/C15H24N2/c1-5-10-17(4)12-14-6-8-15(9-7-14)13(2)11-16-3/h5-9,13,16H,1,10-12H2,2-4H3. The first-order valence-electron chi connectivity index (χ1n) is 6.20. The molecule has 0 saturated carbocycles. The van der Waals surface area contributed by atoms with Crippen molar-refractivity contribution in [3.8, 4) is 0 Å². The van der Waals surface area contributed by atoms with E-state index in [1.54, 1.807) is 0 Å². The molecule has 0 aromatic heterocycles. The Morgan fingerprint density at radius 3 is 2.53 bits per heavy atom. The Hall–Kier alpha value is -1.12. The van der Waals surface area contributed by atoms with Crippen molar-refractivity contribution in [1.82, 2.24) is 10.2 Å². The first kappa shape index (κ1) is 13.9. The lowest BCUT2D eigenvalue weighted by atomic mass is 10.00. The summed E-state index contributed by atoms with van der Waals surface area (Å²) < 4.78 is 0. The maximum Gasteiger partial charge on any atom is 0.0233 e. The van der Waals surface area contributed by atoms with Crippen LogP contribution in [0.25, 0.3) is 0 Å². The molecule has 2 nitrogen and oxygen atoms in total. The van der Waals surface area contributed by atoms with Crippen LogP contribution in [0.5, 0.6) is 0 Å². The molecular formula is C15H24N2. The molecule has 0 aliphatic heterocycles. The zero-order valence-corrected chi connectivity index (χ0v) is 11.2. The minimum atomic E-state index is 0.569. The highest BCUT2D eigenvalue weighted by molar-refractivity contribution is 5.25. The molecule has 1 atom stereocenters. The highest BCUT2D eigenvalue weighted by atomic mass is 15.1. The predicted octanol–water partition coefficient (Wildman–Crippen LogP) is 2.63. The van der Waals surface area contributed by atoms with E-state index in [1.807, 2.05) is 13.1 Å². The van der Waals surface area contributed by atoms with Crippen molar-refractivity contribution >= 4 is 0 Å². The molecule has 2 heteroatoms. The Bertz CT molecular complexity index is 329. The fraction of sp³-hybridized carbons (Fsp3) is 0.467. The molecule has 0 spiro atoms. The third kappa shape index (κ3) is 4.72. The van der Waals surface area contributed by atoms with Crippen molar-refractivity contribution in [2.24, 2.45) is 0 Å². The van der Waals surface area contributed by atoms with Crippen molar-refractivity contribution in [3.63, 3.8) is 0 Å². The summed E-state index contributed by atoms with van der Waals surface area (Å²) in [5.74, 6) is 0.569. The van der Waals surface area contributed by atoms with Gasteiger partial charge in [-0.25, -0.2) is 0 Å². The SMILES string of the molecule is C=CCN(C)Cc1ccc(C(C)CNC)cc1.